The Morgan fingerprint density at radius 1 is 1.38 bits per heavy atom. The van der Waals surface area contributed by atoms with E-state index in [-0.39, 0.29) is 29.9 Å². The Morgan fingerprint density at radius 3 is 2.69 bits per heavy atom. The number of carbonyl (C=O) groups is 2. The molecular weight excluding hydrogens is 208 g/mol. The third kappa shape index (κ3) is 2.20. The fourth-order valence-corrected chi connectivity index (χ4v) is 2.41. The Balaban J connectivity index is 2.04. The minimum Gasteiger partial charge on any atom is -0.462 e. The summed E-state index contributed by atoms with van der Waals surface area (Å²) < 4.78 is 10.5. The second-order valence-electron chi connectivity index (χ2n) is 5.62. The Morgan fingerprint density at radius 2 is 2.06 bits per heavy atom. The molecule has 1 aliphatic carbocycles. The van der Waals surface area contributed by atoms with E-state index in [9.17, 15) is 9.59 Å². The molecular formula is C12H18O4. The number of carbonyl (C=O) groups excluding carboxylic acids is 2. The monoisotopic (exact) mass is 226 g/mol. The molecule has 2 aliphatic rings. The zero-order valence-electron chi connectivity index (χ0n) is 9.99. The first-order chi connectivity index (χ1) is 7.37. The maximum Gasteiger partial charge on any atom is 0.310 e. The van der Waals surface area contributed by atoms with E-state index in [1.54, 1.807) is 0 Å². The maximum atomic E-state index is 11.9. The van der Waals surface area contributed by atoms with Crippen molar-refractivity contribution < 1.29 is 19.1 Å². The number of hydrogen-bond acceptors (Lipinski definition) is 4. The van der Waals surface area contributed by atoms with Crippen LogP contribution in [0.4, 0.5) is 0 Å². The average molecular weight is 226 g/mol. The van der Waals surface area contributed by atoms with Gasteiger partial charge >= 0.3 is 11.9 Å². The quantitative estimate of drug-likeness (QED) is 0.638. The van der Waals surface area contributed by atoms with Crippen molar-refractivity contribution in [1.29, 1.82) is 0 Å². The molecule has 2 rings (SSSR count). The summed E-state index contributed by atoms with van der Waals surface area (Å²) >= 11 is 0. The van der Waals surface area contributed by atoms with Gasteiger partial charge in [-0.15, -0.1) is 0 Å². The van der Waals surface area contributed by atoms with Gasteiger partial charge in [0, 0.05) is 0 Å². The number of rotatable bonds is 1. The highest BCUT2D eigenvalue weighted by molar-refractivity contribution is 5.84. The molecule has 1 saturated carbocycles. The summed E-state index contributed by atoms with van der Waals surface area (Å²) in [6.07, 6.45) is 2.21. The Hall–Kier alpha value is -1.06. The summed E-state index contributed by atoms with van der Waals surface area (Å²) in [4.78, 5) is 23.4. The van der Waals surface area contributed by atoms with Crippen LogP contribution in [0.2, 0.25) is 0 Å². The summed E-state index contributed by atoms with van der Waals surface area (Å²) in [6, 6.07) is 0. The third-order valence-electron chi connectivity index (χ3n) is 3.10. The minimum atomic E-state index is -0.490. The van der Waals surface area contributed by atoms with Crippen molar-refractivity contribution >= 4 is 11.9 Å². The molecule has 0 radical (unpaired) electrons. The molecule has 1 aliphatic heterocycles. The van der Waals surface area contributed by atoms with E-state index in [4.69, 9.17) is 9.47 Å². The van der Waals surface area contributed by atoms with Gasteiger partial charge in [0.2, 0.25) is 0 Å². The van der Waals surface area contributed by atoms with Crippen LogP contribution in [0.25, 0.3) is 0 Å². The fourth-order valence-electron chi connectivity index (χ4n) is 2.41. The predicted molar refractivity (Wildman–Crippen MR) is 56.6 cm³/mol. The van der Waals surface area contributed by atoms with Gasteiger partial charge in [-0.1, -0.05) is 0 Å². The van der Waals surface area contributed by atoms with Crippen molar-refractivity contribution in [2.24, 2.45) is 11.8 Å². The number of hydrogen-bond donors (Lipinski definition) is 0. The molecule has 0 unspecified atom stereocenters. The zero-order chi connectivity index (χ0) is 11.9. The lowest BCUT2D eigenvalue weighted by Gasteiger charge is -2.27. The summed E-state index contributed by atoms with van der Waals surface area (Å²) in [7, 11) is 0. The van der Waals surface area contributed by atoms with E-state index in [0.717, 1.165) is 6.42 Å². The summed E-state index contributed by atoms with van der Waals surface area (Å²) in [6.45, 7) is 5.51. The van der Waals surface area contributed by atoms with E-state index < -0.39 is 5.60 Å². The molecule has 2 bridgehead atoms. The normalized spacial score (nSPS) is 33.4. The largest absolute Gasteiger partial charge is 0.462 e. The third-order valence-corrected chi connectivity index (χ3v) is 3.10. The Bertz CT molecular complexity index is 315. The molecule has 0 N–H and O–H groups in total. The smallest absolute Gasteiger partial charge is 0.310 e. The Labute approximate surface area is 95.3 Å². The molecule has 0 aromatic rings. The molecule has 2 fully saturated rings. The Kier molecular flexibility index (Phi) is 2.68. The second kappa shape index (κ2) is 3.75. The summed E-state index contributed by atoms with van der Waals surface area (Å²) in [5, 5.41) is 0. The first kappa shape index (κ1) is 11.4. The van der Waals surface area contributed by atoms with Gasteiger partial charge in [0.25, 0.3) is 0 Å². The van der Waals surface area contributed by atoms with Crippen LogP contribution in [0.1, 0.15) is 40.0 Å². The zero-order valence-corrected chi connectivity index (χ0v) is 9.99. The van der Waals surface area contributed by atoms with Crippen LogP contribution >= 0.6 is 0 Å². The molecule has 0 amide bonds. The topological polar surface area (TPSA) is 52.6 Å². The van der Waals surface area contributed by atoms with Crippen LogP contribution in [0.3, 0.4) is 0 Å². The summed E-state index contributed by atoms with van der Waals surface area (Å²) in [5.74, 6) is -1.05. The minimum absolute atomic E-state index is 0.0381. The SMILES string of the molecule is CC(C)(C)OC(=O)[C@@H]1CC[C@H]2C[C@@H]1C(=O)O2. The van der Waals surface area contributed by atoms with Crippen molar-refractivity contribution in [3.8, 4) is 0 Å². The highest BCUT2D eigenvalue weighted by atomic mass is 16.6. The number of esters is 2. The second-order valence-corrected chi connectivity index (χ2v) is 5.62. The van der Waals surface area contributed by atoms with Crippen LogP contribution in [0.15, 0.2) is 0 Å². The van der Waals surface area contributed by atoms with Gasteiger partial charge < -0.3 is 9.47 Å². The molecule has 4 heteroatoms. The molecule has 90 valence electrons. The number of fused-ring (bicyclic) bond motifs is 2. The molecule has 4 nitrogen and oxygen atoms in total. The van der Waals surface area contributed by atoms with Gasteiger partial charge in [-0.25, -0.2) is 0 Å². The predicted octanol–water partition coefficient (Wildman–Crippen LogP) is 1.67. The van der Waals surface area contributed by atoms with Crippen LogP contribution in [0, 0.1) is 11.8 Å². The first-order valence-electron chi connectivity index (χ1n) is 5.80. The molecule has 3 atom stereocenters. The van der Waals surface area contributed by atoms with Gasteiger partial charge in [0.15, 0.2) is 0 Å². The first-order valence-corrected chi connectivity index (χ1v) is 5.80. The van der Waals surface area contributed by atoms with Crippen LogP contribution in [-0.4, -0.2) is 23.6 Å². The van der Waals surface area contributed by atoms with Gasteiger partial charge in [-0.2, -0.15) is 0 Å². The molecule has 16 heavy (non-hydrogen) atoms. The van der Waals surface area contributed by atoms with Crippen molar-refractivity contribution in [3.05, 3.63) is 0 Å². The highest BCUT2D eigenvalue weighted by Gasteiger charge is 2.47. The van der Waals surface area contributed by atoms with Crippen molar-refractivity contribution in [3.63, 3.8) is 0 Å². The van der Waals surface area contributed by atoms with Crippen molar-refractivity contribution in [1.82, 2.24) is 0 Å². The lowest BCUT2D eigenvalue weighted by molar-refractivity contribution is -0.164. The van der Waals surface area contributed by atoms with Crippen molar-refractivity contribution in [2.45, 2.75) is 51.7 Å². The van der Waals surface area contributed by atoms with E-state index in [1.165, 1.54) is 0 Å². The standard InChI is InChI=1S/C12H18O4/c1-12(2,3)16-11(14)8-5-4-7-6-9(8)10(13)15-7/h7-9H,4-6H2,1-3H3/t7-,8+,9-/m0/s1. The fraction of sp³-hybridized carbons (Fsp3) is 0.833. The van der Waals surface area contributed by atoms with Crippen LogP contribution in [0.5, 0.6) is 0 Å². The molecule has 0 spiro atoms. The lowest BCUT2D eigenvalue weighted by atomic mass is 9.80. The highest BCUT2D eigenvalue weighted by Crippen LogP contribution is 2.39. The van der Waals surface area contributed by atoms with E-state index in [2.05, 4.69) is 0 Å². The van der Waals surface area contributed by atoms with Crippen LogP contribution < -0.4 is 0 Å². The summed E-state index contributed by atoms with van der Waals surface area (Å²) in [5.41, 5.74) is -0.490. The average Bonchev–Trinajstić information content (AvgIpc) is 2.40. The van der Waals surface area contributed by atoms with Crippen molar-refractivity contribution in [2.75, 3.05) is 0 Å². The number of ether oxygens (including phenoxy) is 2. The molecule has 1 heterocycles. The molecule has 0 aromatic heterocycles. The van der Waals surface area contributed by atoms with E-state index in [1.807, 2.05) is 20.8 Å². The molecule has 1 saturated heterocycles. The lowest BCUT2D eigenvalue weighted by Crippen LogP contribution is -2.35. The van der Waals surface area contributed by atoms with Crippen LogP contribution in [-0.2, 0) is 19.1 Å². The van der Waals surface area contributed by atoms with Gasteiger partial charge in [-0.05, 0) is 40.0 Å². The maximum absolute atomic E-state index is 11.9. The molecule has 0 aromatic carbocycles. The van der Waals surface area contributed by atoms with E-state index in [0.29, 0.717) is 12.8 Å². The van der Waals surface area contributed by atoms with Gasteiger partial charge in [0.05, 0.1) is 11.8 Å². The van der Waals surface area contributed by atoms with Gasteiger partial charge in [-0.3, -0.25) is 9.59 Å². The van der Waals surface area contributed by atoms with E-state index >= 15 is 0 Å². The van der Waals surface area contributed by atoms with Gasteiger partial charge in [0.1, 0.15) is 11.7 Å².